The van der Waals surface area contributed by atoms with Crippen LogP contribution in [0.25, 0.3) is 0 Å². The van der Waals surface area contributed by atoms with Crippen molar-refractivity contribution in [3.05, 3.63) is 28.2 Å². The molecule has 0 bridgehead atoms. The Kier molecular flexibility index (Phi) is 5.14. The Balaban J connectivity index is 2.00. The van der Waals surface area contributed by atoms with Gasteiger partial charge in [-0.2, -0.15) is 0 Å². The number of nitrogens with two attached hydrogens (primary N) is 1. The summed E-state index contributed by atoms with van der Waals surface area (Å²) in [4.78, 5) is 26.5. The Labute approximate surface area is 132 Å². The lowest BCUT2D eigenvalue weighted by Gasteiger charge is -2.22. The third-order valence-corrected chi connectivity index (χ3v) is 3.83. The maximum atomic E-state index is 12.2. The van der Waals surface area contributed by atoms with E-state index in [9.17, 15) is 9.59 Å². The number of nitrogens with zero attached hydrogens (tertiary/aromatic N) is 2. The molecule has 0 unspecified atom stereocenters. The van der Waals surface area contributed by atoms with Crippen LogP contribution in [-0.2, 0) is 0 Å². The third-order valence-electron chi connectivity index (χ3n) is 3.26. The van der Waals surface area contributed by atoms with E-state index < -0.39 is 6.03 Å². The number of anilines is 1. The number of halogens is 2. The molecule has 1 aliphatic rings. The molecule has 1 aliphatic heterocycles. The van der Waals surface area contributed by atoms with Gasteiger partial charge >= 0.3 is 12.1 Å². The van der Waals surface area contributed by atoms with Crippen LogP contribution >= 0.6 is 23.2 Å². The summed E-state index contributed by atoms with van der Waals surface area (Å²) < 4.78 is 0. The lowest BCUT2D eigenvalue weighted by Crippen LogP contribution is -2.41. The van der Waals surface area contributed by atoms with Gasteiger partial charge in [0.2, 0.25) is 0 Å². The minimum atomic E-state index is -0.463. The number of urea groups is 2. The van der Waals surface area contributed by atoms with Crippen LogP contribution < -0.4 is 11.1 Å². The highest BCUT2D eigenvalue weighted by molar-refractivity contribution is 6.35. The van der Waals surface area contributed by atoms with E-state index in [2.05, 4.69) is 5.32 Å². The molecule has 2 rings (SSSR count). The fraction of sp³-hybridized carbons (Fsp3) is 0.385. The number of carbonyl (C=O) groups is 2. The highest BCUT2D eigenvalue weighted by atomic mass is 35.5. The van der Waals surface area contributed by atoms with Crippen molar-refractivity contribution in [3.8, 4) is 0 Å². The predicted molar refractivity (Wildman–Crippen MR) is 82.8 cm³/mol. The molecule has 0 atom stereocenters. The van der Waals surface area contributed by atoms with Crippen LogP contribution in [0, 0.1) is 0 Å². The highest BCUT2D eigenvalue weighted by Crippen LogP contribution is 2.25. The van der Waals surface area contributed by atoms with Crippen molar-refractivity contribution in [3.63, 3.8) is 0 Å². The van der Waals surface area contributed by atoms with Crippen molar-refractivity contribution >= 4 is 41.0 Å². The number of benzene rings is 1. The van der Waals surface area contributed by atoms with Crippen molar-refractivity contribution in [2.45, 2.75) is 6.42 Å². The molecular weight excluding hydrogens is 315 g/mol. The van der Waals surface area contributed by atoms with Crippen molar-refractivity contribution in [2.75, 3.05) is 31.5 Å². The molecule has 4 amide bonds. The lowest BCUT2D eigenvalue weighted by atomic mass is 10.3. The van der Waals surface area contributed by atoms with Crippen molar-refractivity contribution < 1.29 is 9.59 Å². The lowest BCUT2D eigenvalue weighted by molar-refractivity contribution is 0.203. The molecule has 0 saturated carbocycles. The SMILES string of the molecule is NC(=O)N1CCCN(C(=O)Nc2cc(Cl)ccc2Cl)CC1. The smallest absolute Gasteiger partial charge is 0.321 e. The molecule has 114 valence electrons. The van der Waals surface area contributed by atoms with Gasteiger partial charge in [-0.05, 0) is 24.6 Å². The first-order chi connectivity index (χ1) is 9.97. The van der Waals surface area contributed by atoms with Crippen molar-refractivity contribution in [1.29, 1.82) is 0 Å². The fourth-order valence-corrected chi connectivity index (χ4v) is 2.47. The monoisotopic (exact) mass is 330 g/mol. The van der Waals surface area contributed by atoms with Crippen LogP contribution in [0.1, 0.15) is 6.42 Å². The molecule has 6 nitrogen and oxygen atoms in total. The molecule has 8 heteroatoms. The van der Waals surface area contributed by atoms with E-state index in [0.717, 1.165) is 0 Å². The van der Waals surface area contributed by atoms with Gasteiger partial charge in [0.15, 0.2) is 0 Å². The average Bonchev–Trinajstić information content (AvgIpc) is 2.68. The molecule has 0 spiro atoms. The van der Waals surface area contributed by atoms with Gasteiger partial charge in [0.1, 0.15) is 0 Å². The molecule has 1 saturated heterocycles. The number of carbonyl (C=O) groups excluding carboxylic acids is 2. The second kappa shape index (κ2) is 6.87. The highest BCUT2D eigenvalue weighted by Gasteiger charge is 2.21. The van der Waals surface area contributed by atoms with Gasteiger partial charge in [-0.3, -0.25) is 0 Å². The first kappa shape index (κ1) is 15.7. The number of hydrogen-bond acceptors (Lipinski definition) is 2. The molecule has 1 aromatic rings. The molecule has 0 aromatic heterocycles. The minimum Gasteiger partial charge on any atom is -0.351 e. The minimum absolute atomic E-state index is 0.273. The summed E-state index contributed by atoms with van der Waals surface area (Å²) in [6.07, 6.45) is 0.680. The van der Waals surface area contributed by atoms with Crippen LogP contribution in [0.2, 0.25) is 10.0 Å². The van der Waals surface area contributed by atoms with E-state index in [1.54, 1.807) is 23.1 Å². The number of primary amides is 1. The Morgan fingerprint density at radius 2 is 1.76 bits per heavy atom. The van der Waals surface area contributed by atoms with E-state index in [4.69, 9.17) is 28.9 Å². The van der Waals surface area contributed by atoms with Gasteiger partial charge in [0, 0.05) is 31.2 Å². The zero-order valence-electron chi connectivity index (χ0n) is 11.3. The summed E-state index contributed by atoms with van der Waals surface area (Å²) in [5.41, 5.74) is 5.72. The predicted octanol–water partition coefficient (Wildman–Crippen LogP) is 2.61. The zero-order valence-corrected chi connectivity index (χ0v) is 12.8. The molecule has 1 heterocycles. The van der Waals surface area contributed by atoms with E-state index in [0.29, 0.717) is 48.3 Å². The standard InChI is InChI=1S/C13H16Cl2N4O2/c14-9-2-3-10(15)11(8-9)17-13(21)19-5-1-4-18(6-7-19)12(16)20/h2-3,8H,1,4-7H2,(H2,16,20)(H,17,21). The number of nitrogens with one attached hydrogen (secondary N) is 1. The molecule has 1 fully saturated rings. The molecular formula is C13H16Cl2N4O2. The summed E-state index contributed by atoms with van der Waals surface area (Å²) in [6.45, 7) is 1.95. The van der Waals surface area contributed by atoms with Crippen LogP contribution in [0.4, 0.5) is 15.3 Å². The molecule has 1 aromatic carbocycles. The van der Waals surface area contributed by atoms with Gasteiger partial charge < -0.3 is 20.9 Å². The fourth-order valence-electron chi connectivity index (χ4n) is 2.13. The molecule has 0 radical (unpaired) electrons. The summed E-state index contributed by atoms with van der Waals surface area (Å²) in [5, 5.41) is 3.64. The molecule has 3 N–H and O–H groups in total. The van der Waals surface area contributed by atoms with Gasteiger partial charge in [0.25, 0.3) is 0 Å². The number of rotatable bonds is 1. The zero-order chi connectivity index (χ0) is 15.4. The second-order valence-corrected chi connectivity index (χ2v) is 5.56. The maximum Gasteiger partial charge on any atom is 0.321 e. The van der Waals surface area contributed by atoms with Gasteiger partial charge in [-0.1, -0.05) is 23.2 Å². The topological polar surface area (TPSA) is 78.7 Å². The summed E-state index contributed by atoms with van der Waals surface area (Å²) >= 11 is 11.9. The Hall–Kier alpha value is -1.66. The first-order valence-corrected chi connectivity index (χ1v) is 7.28. The van der Waals surface area contributed by atoms with Gasteiger partial charge in [-0.15, -0.1) is 0 Å². The Bertz CT molecular complexity index is 553. The number of amides is 4. The average molecular weight is 331 g/mol. The summed E-state index contributed by atoms with van der Waals surface area (Å²) in [7, 11) is 0. The van der Waals surface area contributed by atoms with Crippen LogP contribution in [-0.4, -0.2) is 48.0 Å². The van der Waals surface area contributed by atoms with Gasteiger partial charge in [0.05, 0.1) is 10.7 Å². The van der Waals surface area contributed by atoms with E-state index in [-0.39, 0.29) is 6.03 Å². The molecule has 21 heavy (non-hydrogen) atoms. The van der Waals surface area contributed by atoms with E-state index in [1.165, 1.54) is 4.90 Å². The molecule has 0 aliphatic carbocycles. The summed E-state index contributed by atoms with van der Waals surface area (Å²) in [6, 6.07) is 4.13. The summed E-state index contributed by atoms with van der Waals surface area (Å²) in [5.74, 6) is 0. The van der Waals surface area contributed by atoms with Crippen molar-refractivity contribution in [1.82, 2.24) is 9.80 Å². The first-order valence-electron chi connectivity index (χ1n) is 6.53. The number of hydrogen-bond donors (Lipinski definition) is 2. The normalized spacial score (nSPS) is 15.5. The van der Waals surface area contributed by atoms with Crippen LogP contribution in [0.5, 0.6) is 0 Å². The largest absolute Gasteiger partial charge is 0.351 e. The Morgan fingerprint density at radius 1 is 1.10 bits per heavy atom. The van der Waals surface area contributed by atoms with E-state index >= 15 is 0 Å². The second-order valence-electron chi connectivity index (χ2n) is 4.72. The van der Waals surface area contributed by atoms with Gasteiger partial charge in [-0.25, -0.2) is 9.59 Å². The third kappa shape index (κ3) is 4.15. The quantitative estimate of drug-likeness (QED) is 0.830. The van der Waals surface area contributed by atoms with E-state index in [1.807, 2.05) is 0 Å². The Morgan fingerprint density at radius 3 is 2.48 bits per heavy atom. The van der Waals surface area contributed by atoms with Crippen molar-refractivity contribution in [2.24, 2.45) is 5.73 Å². The van der Waals surface area contributed by atoms with Crippen LogP contribution in [0.3, 0.4) is 0 Å². The maximum absolute atomic E-state index is 12.2. The van der Waals surface area contributed by atoms with Crippen LogP contribution in [0.15, 0.2) is 18.2 Å².